The van der Waals surface area contributed by atoms with Crippen LogP contribution in [0.4, 0.5) is 0 Å². The number of rotatable bonds is 3. The molecule has 1 unspecified atom stereocenters. The van der Waals surface area contributed by atoms with Crippen molar-refractivity contribution in [3.63, 3.8) is 0 Å². The number of fused-ring (bicyclic) bond motifs is 5. The number of carbonyl (C=O) groups excluding carboxylic acids is 1. The number of amides is 1. The van der Waals surface area contributed by atoms with Gasteiger partial charge in [-0.05, 0) is 0 Å². The van der Waals surface area contributed by atoms with Gasteiger partial charge in [0.25, 0.3) is 0 Å². The number of hydrogen-bond donors (Lipinski definition) is 2. The Labute approximate surface area is 181 Å². The number of aromatic nitrogens is 1. The Morgan fingerprint density at radius 3 is 2.50 bits per heavy atom. The van der Waals surface area contributed by atoms with Crippen LogP contribution < -0.4 is 10.6 Å². The molecule has 0 fully saturated rings. The standard InChI is InChI=1S/C24H36BN3O2/c1-19-11-12-23-21(15-19)20-16-22(27-18-25-30)24(29)26-13-9-7-5-3-2-4-6-8-10-14-28(23)17-20/h11-12,15,17,22,27H,2-10,13-14,16,18H2,1H3,(H,26,29). The molecule has 1 aliphatic rings. The number of carbonyl (C=O) groups is 1. The number of nitrogens with zero attached hydrogens (tertiary/aromatic N) is 1. The Balaban J connectivity index is 1.84. The second-order valence-electron chi connectivity index (χ2n) is 8.67. The summed E-state index contributed by atoms with van der Waals surface area (Å²) in [4.78, 5) is 12.8. The van der Waals surface area contributed by atoms with E-state index in [1.165, 1.54) is 73.4 Å². The van der Waals surface area contributed by atoms with E-state index < -0.39 is 6.04 Å². The molecule has 162 valence electrons. The van der Waals surface area contributed by atoms with Gasteiger partial charge in [0.2, 0.25) is 0 Å². The third-order valence-corrected chi connectivity index (χ3v) is 6.18. The summed E-state index contributed by atoms with van der Waals surface area (Å²) >= 11 is 0. The van der Waals surface area contributed by atoms with Crippen LogP contribution in [0.2, 0.25) is 0 Å². The Morgan fingerprint density at radius 2 is 1.77 bits per heavy atom. The molecule has 5 nitrogen and oxygen atoms in total. The normalized spacial score (nSPS) is 20.2. The van der Waals surface area contributed by atoms with Crippen LogP contribution in [0.25, 0.3) is 10.9 Å². The molecule has 3 rings (SSSR count). The Bertz CT molecular complexity index is 833. The third kappa shape index (κ3) is 6.53. The molecule has 1 aromatic carbocycles. The van der Waals surface area contributed by atoms with Crippen LogP contribution in [-0.4, -0.2) is 36.7 Å². The maximum atomic E-state index is 12.8. The van der Waals surface area contributed by atoms with Crippen LogP contribution >= 0.6 is 0 Å². The van der Waals surface area contributed by atoms with Gasteiger partial charge in [-0.1, -0.05) is 0 Å². The third-order valence-electron chi connectivity index (χ3n) is 6.18. The molecule has 0 aliphatic carbocycles. The monoisotopic (exact) mass is 409 g/mol. The van der Waals surface area contributed by atoms with Gasteiger partial charge in [0.1, 0.15) is 0 Å². The molecule has 2 heterocycles. The first-order valence-electron chi connectivity index (χ1n) is 11.7. The molecule has 2 bridgehead atoms. The van der Waals surface area contributed by atoms with Gasteiger partial charge in [0, 0.05) is 0 Å². The van der Waals surface area contributed by atoms with E-state index in [9.17, 15) is 9.50 Å². The molecule has 2 N–H and O–H groups in total. The van der Waals surface area contributed by atoms with Crippen LogP contribution in [-0.2, 0) is 22.5 Å². The van der Waals surface area contributed by atoms with Crippen molar-refractivity contribution in [2.45, 2.75) is 83.7 Å². The van der Waals surface area contributed by atoms with E-state index in [1.54, 1.807) is 0 Å². The predicted octanol–water partition coefficient (Wildman–Crippen LogP) is 4.10. The Hall–Kier alpha value is -1.95. The summed E-state index contributed by atoms with van der Waals surface area (Å²) in [5.74, 6) is -0.00785. The molecular weight excluding hydrogens is 373 g/mol. The van der Waals surface area contributed by atoms with E-state index in [1.807, 2.05) is 0 Å². The van der Waals surface area contributed by atoms with E-state index in [2.05, 4.69) is 46.5 Å². The first-order valence-corrected chi connectivity index (χ1v) is 11.7. The zero-order valence-corrected chi connectivity index (χ0v) is 18.4. The van der Waals surface area contributed by atoms with Crippen molar-refractivity contribution in [2.24, 2.45) is 0 Å². The van der Waals surface area contributed by atoms with Crippen molar-refractivity contribution in [1.29, 1.82) is 0 Å². The molecule has 0 saturated carbocycles. The molecular formula is C24H36BN3O2. The average molecular weight is 409 g/mol. The Kier molecular flexibility index (Phi) is 9.12. The summed E-state index contributed by atoms with van der Waals surface area (Å²) in [5, 5.41) is 7.43. The van der Waals surface area contributed by atoms with Crippen LogP contribution in [0.1, 0.15) is 68.9 Å². The first kappa shape index (κ1) is 22.7. The summed E-state index contributed by atoms with van der Waals surface area (Å²) in [6, 6.07) is 6.18. The molecule has 0 saturated heterocycles. The molecule has 1 aliphatic heterocycles. The second-order valence-corrected chi connectivity index (χ2v) is 8.67. The SMILES string of the molecule is Cc1ccc2c(c1)c1cn2CCCCCCCCCCCNC(=O)C(NCB=O)C1. The minimum absolute atomic E-state index is 0.00785. The predicted molar refractivity (Wildman–Crippen MR) is 123 cm³/mol. The van der Waals surface area contributed by atoms with Gasteiger partial charge < -0.3 is 0 Å². The van der Waals surface area contributed by atoms with E-state index >= 15 is 0 Å². The van der Waals surface area contributed by atoms with Crippen LogP contribution in [0, 0.1) is 6.92 Å². The molecule has 1 aromatic heterocycles. The van der Waals surface area contributed by atoms with Crippen LogP contribution in [0.3, 0.4) is 0 Å². The molecule has 2 aromatic rings. The van der Waals surface area contributed by atoms with Crippen molar-refractivity contribution >= 4 is 24.0 Å². The summed E-state index contributed by atoms with van der Waals surface area (Å²) in [6.45, 7) is 3.83. The zero-order chi connectivity index (χ0) is 21.2. The zero-order valence-electron chi connectivity index (χ0n) is 18.4. The second kappa shape index (κ2) is 12.0. The summed E-state index contributed by atoms with van der Waals surface area (Å²) in [5.41, 5.74) is 3.64. The van der Waals surface area contributed by atoms with Crippen molar-refractivity contribution < 1.29 is 9.50 Å². The van der Waals surface area contributed by atoms with Crippen LogP contribution in [0.15, 0.2) is 24.4 Å². The molecule has 1 amide bonds. The van der Waals surface area contributed by atoms with Crippen molar-refractivity contribution in [3.05, 3.63) is 35.5 Å². The number of hydrogen-bond acceptors (Lipinski definition) is 3. The van der Waals surface area contributed by atoms with E-state index in [0.717, 1.165) is 20.1 Å². The minimum atomic E-state index is -0.395. The fraction of sp³-hybridized carbons (Fsp3) is 0.625. The van der Waals surface area contributed by atoms with E-state index in [-0.39, 0.29) is 12.4 Å². The molecule has 0 spiro atoms. The molecule has 6 heteroatoms. The number of nitrogens with one attached hydrogen (secondary N) is 2. The summed E-state index contributed by atoms with van der Waals surface area (Å²) in [7, 11) is 0.826. The topological polar surface area (TPSA) is 63.1 Å². The van der Waals surface area contributed by atoms with Gasteiger partial charge in [-0.3, -0.25) is 0 Å². The van der Waals surface area contributed by atoms with Gasteiger partial charge >= 0.3 is 181 Å². The molecule has 30 heavy (non-hydrogen) atoms. The van der Waals surface area contributed by atoms with Gasteiger partial charge in [0.05, 0.1) is 0 Å². The van der Waals surface area contributed by atoms with Gasteiger partial charge in [-0.15, -0.1) is 0 Å². The first-order chi connectivity index (χ1) is 14.7. The summed E-state index contributed by atoms with van der Waals surface area (Å²) < 4.78 is 13.3. The van der Waals surface area contributed by atoms with Crippen molar-refractivity contribution in [3.8, 4) is 0 Å². The maximum absolute atomic E-state index is 12.8. The summed E-state index contributed by atoms with van der Waals surface area (Å²) in [6.07, 6.45) is 14.1. The van der Waals surface area contributed by atoms with Gasteiger partial charge in [-0.25, -0.2) is 0 Å². The van der Waals surface area contributed by atoms with Gasteiger partial charge in [-0.2, -0.15) is 0 Å². The number of aryl methyl sites for hydroxylation is 2. The van der Waals surface area contributed by atoms with E-state index in [4.69, 9.17) is 0 Å². The Morgan fingerprint density at radius 1 is 1.07 bits per heavy atom. The molecule has 1 atom stereocenters. The fourth-order valence-corrected chi connectivity index (χ4v) is 4.48. The number of benzene rings is 1. The van der Waals surface area contributed by atoms with Gasteiger partial charge in [0.15, 0.2) is 0 Å². The fourth-order valence-electron chi connectivity index (χ4n) is 4.48. The van der Waals surface area contributed by atoms with Crippen molar-refractivity contribution in [2.75, 3.05) is 13.0 Å². The van der Waals surface area contributed by atoms with Crippen LogP contribution in [0.5, 0.6) is 0 Å². The van der Waals surface area contributed by atoms with E-state index in [0.29, 0.717) is 13.0 Å². The average Bonchev–Trinajstić information content (AvgIpc) is 3.07. The molecule has 0 radical (unpaired) electrons. The quantitative estimate of drug-likeness (QED) is 0.751. The van der Waals surface area contributed by atoms with Crippen molar-refractivity contribution in [1.82, 2.24) is 15.2 Å².